The van der Waals surface area contributed by atoms with Crippen molar-refractivity contribution < 1.29 is 0 Å². The van der Waals surface area contributed by atoms with Gasteiger partial charge in [0.2, 0.25) is 0 Å². The lowest BCUT2D eigenvalue weighted by Gasteiger charge is -2.01. The molecular weight excluding hydrogens is 277 g/mol. The Morgan fingerprint density at radius 3 is 2.60 bits per heavy atom. The molecule has 1 rings (SSSR count). The third kappa shape index (κ3) is 3.38. The van der Waals surface area contributed by atoms with Crippen molar-refractivity contribution >= 4 is 52.2 Å². The van der Waals surface area contributed by atoms with Gasteiger partial charge in [-0.05, 0) is 13.0 Å². The van der Waals surface area contributed by atoms with Crippen molar-refractivity contribution in [1.82, 2.24) is 4.57 Å². The molecule has 0 amide bonds. The predicted octanol–water partition coefficient (Wildman–Crippen LogP) is 3.75. The van der Waals surface area contributed by atoms with E-state index >= 15 is 0 Å². The van der Waals surface area contributed by atoms with Crippen molar-refractivity contribution in [3.8, 4) is 0 Å². The maximum absolute atomic E-state index is 11.5. The summed E-state index contributed by atoms with van der Waals surface area (Å²) in [6, 6.07) is 0. The molecule has 0 radical (unpaired) electrons. The number of nitrogens with zero attached hydrogens (tertiary/aromatic N) is 1. The van der Waals surface area contributed by atoms with Gasteiger partial charge in [-0.3, -0.25) is 9.36 Å². The summed E-state index contributed by atoms with van der Waals surface area (Å²) < 4.78 is 1.65. The number of hydrogen-bond donors (Lipinski definition) is 0. The van der Waals surface area contributed by atoms with E-state index in [1.165, 1.54) is 10.6 Å². The van der Waals surface area contributed by atoms with Gasteiger partial charge in [0.25, 0.3) is 0 Å². The molecular formula is C9H8Cl3NOS. The number of thiazole rings is 1. The lowest BCUT2D eigenvalue weighted by Crippen LogP contribution is -2.14. The first-order valence-corrected chi connectivity index (χ1v) is 5.93. The Kier molecular flexibility index (Phi) is 4.46. The minimum absolute atomic E-state index is 0.102. The van der Waals surface area contributed by atoms with Crippen LogP contribution in [0.3, 0.4) is 0 Å². The molecule has 1 aromatic rings. The van der Waals surface area contributed by atoms with E-state index in [1.54, 1.807) is 6.92 Å². The average molecular weight is 285 g/mol. The standard InChI is InChI=1S/C9H8Cl3NOS/c1-5(10)4-13-6(2)7(3-8(11)12)15-9(13)14/h3H,1,4H2,2H3. The third-order valence-electron chi connectivity index (χ3n) is 1.75. The molecule has 82 valence electrons. The highest BCUT2D eigenvalue weighted by atomic mass is 35.5. The van der Waals surface area contributed by atoms with Gasteiger partial charge in [-0.15, -0.1) is 0 Å². The number of aromatic nitrogens is 1. The molecule has 6 heteroatoms. The largest absolute Gasteiger partial charge is 0.308 e. The molecule has 0 aliphatic rings. The molecule has 0 unspecified atom stereocenters. The maximum atomic E-state index is 11.5. The summed E-state index contributed by atoms with van der Waals surface area (Å²) in [4.78, 5) is 12.2. The number of allylic oxidation sites excluding steroid dienone is 1. The van der Waals surface area contributed by atoms with Crippen LogP contribution in [0.2, 0.25) is 0 Å². The molecule has 0 aliphatic carbocycles. The zero-order valence-corrected chi connectivity index (χ0v) is 11.0. The second-order valence-corrected chi connectivity index (χ2v) is 5.39. The normalized spacial score (nSPS) is 10.1. The summed E-state index contributed by atoms with van der Waals surface area (Å²) in [7, 11) is 0. The monoisotopic (exact) mass is 283 g/mol. The van der Waals surface area contributed by atoms with Gasteiger partial charge in [0, 0.05) is 10.7 Å². The van der Waals surface area contributed by atoms with Gasteiger partial charge >= 0.3 is 4.87 Å². The van der Waals surface area contributed by atoms with E-state index in [-0.39, 0.29) is 9.36 Å². The van der Waals surface area contributed by atoms with Crippen LogP contribution >= 0.6 is 46.1 Å². The quantitative estimate of drug-likeness (QED) is 0.828. The molecule has 1 heterocycles. The molecule has 15 heavy (non-hydrogen) atoms. The molecule has 0 N–H and O–H groups in total. The van der Waals surface area contributed by atoms with Crippen LogP contribution in [0.5, 0.6) is 0 Å². The molecule has 2 nitrogen and oxygen atoms in total. The summed E-state index contributed by atoms with van der Waals surface area (Å²) in [5, 5.41) is 0.408. The zero-order chi connectivity index (χ0) is 11.6. The van der Waals surface area contributed by atoms with Crippen molar-refractivity contribution in [3.63, 3.8) is 0 Å². The van der Waals surface area contributed by atoms with Gasteiger partial charge in [0.15, 0.2) is 0 Å². The number of rotatable bonds is 3. The van der Waals surface area contributed by atoms with Gasteiger partial charge < -0.3 is 0 Å². The Morgan fingerprint density at radius 2 is 2.13 bits per heavy atom. The fourth-order valence-corrected chi connectivity index (χ4v) is 2.48. The first kappa shape index (κ1) is 12.8. The van der Waals surface area contributed by atoms with E-state index in [0.29, 0.717) is 11.6 Å². The molecule has 1 aromatic heterocycles. The van der Waals surface area contributed by atoms with Crippen molar-refractivity contribution in [1.29, 1.82) is 0 Å². The van der Waals surface area contributed by atoms with Crippen LogP contribution in [0.25, 0.3) is 6.08 Å². The van der Waals surface area contributed by atoms with Crippen LogP contribution in [0, 0.1) is 6.92 Å². The minimum Gasteiger partial charge on any atom is -0.297 e. The Morgan fingerprint density at radius 1 is 1.53 bits per heavy atom. The van der Waals surface area contributed by atoms with Gasteiger partial charge in [0.05, 0.1) is 11.4 Å². The summed E-state index contributed by atoms with van der Waals surface area (Å²) in [5.74, 6) is 0. The SMILES string of the molecule is C=C(Cl)Cn1c(C)c(C=C(Cl)Cl)sc1=O. The van der Waals surface area contributed by atoms with E-state index in [0.717, 1.165) is 21.9 Å². The minimum atomic E-state index is -0.102. The Hall–Kier alpha value is -0.220. The summed E-state index contributed by atoms with van der Waals surface area (Å²) in [5.41, 5.74) is 0.783. The topological polar surface area (TPSA) is 22.0 Å². The van der Waals surface area contributed by atoms with Gasteiger partial charge in [-0.25, -0.2) is 0 Å². The van der Waals surface area contributed by atoms with Crippen molar-refractivity contribution in [2.24, 2.45) is 0 Å². The van der Waals surface area contributed by atoms with Crippen LogP contribution in [-0.4, -0.2) is 4.57 Å². The fraction of sp³-hybridized carbons (Fsp3) is 0.222. The van der Waals surface area contributed by atoms with Gasteiger partial charge in [-0.1, -0.05) is 52.7 Å². The van der Waals surface area contributed by atoms with Crippen LogP contribution in [0.15, 0.2) is 20.9 Å². The van der Waals surface area contributed by atoms with E-state index in [2.05, 4.69) is 6.58 Å². The van der Waals surface area contributed by atoms with E-state index < -0.39 is 0 Å². The van der Waals surface area contributed by atoms with Crippen molar-refractivity contribution in [2.45, 2.75) is 13.5 Å². The third-order valence-corrected chi connectivity index (χ3v) is 3.11. The molecule has 0 aromatic carbocycles. The Bertz CT molecular complexity index is 468. The van der Waals surface area contributed by atoms with E-state index in [1.807, 2.05) is 0 Å². The highest BCUT2D eigenvalue weighted by molar-refractivity contribution is 7.10. The predicted molar refractivity (Wildman–Crippen MR) is 68.0 cm³/mol. The van der Waals surface area contributed by atoms with Crippen LogP contribution in [0.4, 0.5) is 0 Å². The molecule has 0 bridgehead atoms. The second-order valence-electron chi connectivity index (χ2n) is 2.86. The lowest BCUT2D eigenvalue weighted by atomic mass is 10.4. The first-order valence-electron chi connectivity index (χ1n) is 3.98. The summed E-state index contributed by atoms with van der Waals surface area (Å²) in [6.07, 6.45) is 1.54. The average Bonchev–Trinajstić information content (AvgIpc) is 2.31. The first-order chi connectivity index (χ1) is 6.91. The smallest absolute Gasteiger partial charge is 0.297 e. The van der Waals surface area contributed by atoms with Crippen LogP contribution in [0.1, 0.15) is 10.6 Å². The van der Waals surface area contributed by atoms with E-state index in [9.17, 15) is 4.79 Å². The number of hydrogen-bond acceptors (Lipinski definition) is 2. The Balaban J connectivity index is 3.21. The van der Waals surface area contributed by atoms with Gasteiger partial charge in [0.1, 0.15) is 4.49 Å². The van der Waals surface area contributed by atoms with Crippen molar-refractivity contribution in [3.05, 3.63) is 36.3 Å². The van der Waals surface area contributed by atoms with E-state index in [4.69, 9.17) is 34.8 Å². The molecule has 0 fully saturated rings. The molecule has 0 saturated heterocycles. The van der Waals surface area contributed by atoms with Gasteiger partial charge in [-0.2, -0.15) is 0 Å². The number of halogens is 3. The zero-order valence-electron chi connectivity index (χ0n) is 7.89. The second kappa shape index (κ2) is 5.21. The summed E-state index contributed by atoms with van der Waals surface area (Å²) in [6.45, 7) is 5.65. The molecule has 0 spiro atoms. The van der Waals surface area contributed by atoms with Crippen LogP contribution < -0.4 is 4.87 Å². The highest BCUT2D eigenvalue weighted by Gasteiger charge is 2.09. The highest BCUT2D eigenvalue weighted by Crippen LogP contribution is 2.20. The molecule has 0 atom stereocenters. The maximum Gasteiger partial charge on any atom is 0.308 e. The lowest BCUT2D eigenvalue weighted by molar-refractivity contribution is 0.765. The Labute approximate surface area is 106 Å². The fourth-order valence-electron chi connectivity index (χ4n) is 1.08. The van der Waals surface area contributed by atoms with Crippen molar-refractivity contribution in [2.75, 3.05) is 0 Å². The molecule has 0 aliphatic heterocycles. The molecule has 0 saturated carbocycles. The van der Waals surface area contributed by atoms with Crippen LogP contribution in [-0.2, 0) is 6.54 Å². The summed E-state index contributed by atoms with van der Waals surface area (Å²) >= 11 is 17.8.